The largest absolute Gasteiger partial charge is 0.482 e. The summed E-state index contributed by atoms with van der Waals surface area (Å²) in [7, 11) is 0. The summed E-state index contributed by atoms with van der Waals surface area (Å²) in [5.41, 5.74) is 2.17. The van der Waals surface area contributed by atoms with Crippen LogP contribution in [0.4, 0.5) is 5.69 Å². The van der Waals surface area contributed by atoms with Gasteiger partial charge < -0.3 is 15.4 Å². The number of benzene rings is 2. The average Bonchev–Trinajstić information content (AvgIpc) is 2.73. The molecule has 2 aromatic carbocycles. The Labute approximate surface area is 148 Å². The minimum Gasteiger partial charge on any atom is -0.482 e. The van der Waals surface area contributed by atoms with Crippen molar-refractivity contribution in [2.45, 2.75) is 13.0 Å². The maximum atomic E-state index is 12.7. The molecule has 1 heterocycles. The Morgan fingerprint density at radius 2 is 1.92 bits per heavy atom. The number of hydrogen-bond donors (Lipinski definition) is 2. The molecule has 2 amide bonds. The van der Waals surface area contributed by atoms with Gasteiger partial charge in [-0.3, -0.25) is 9.59 Å². The molecule has 0 saturated heterocycles. The zero-order valence-electron chi connectivity index (χ0n) is 12.7. The second-order valence-corrected chi connectivity index (χ2v) is 6.21. The highest BCUT2D eigenvalue weighted by atomic mass is 35.5. The molecule has 0 aromatic heterocycles. The van der Waals surface area contributed by atoms with Crippen molar-refractivity contribution in [3.05, 3.63) is 57.6 Å². The maximum absolute atomic E-state index is 12.7. The monoisotopic (exact) mass is 364 g/mol. The molecule has 0 bridgehead atoms. The van der Waals surface area contributed by atoms with Crippen molar-refractivity contribution in [1.82, 2.24) is 5.32 Å². The number of anilines is 1. The van der Waals surface area contributed by atoms with E-state index in [-0.39, 0.29) is 17.4 Å². The standard InChI is InChI=1S/C17H14Cl2N2O3/c1-9-2-4-10(5-3-9)20-17(23)15-11-6-7-12(18)14(19)16(11)24-8-13(22)21-15/h2-7,15H,8H2,1H3,(H,20,23)(H,21,22). The third kappa shape index (κ3) is 3.32. The van der Waals surface area contributed by atoms with Crippen molar-refractivity contribution in [3.63, 3.8) is 0 Å². The topological polar surface area (TPSA) is 67.4 Å². The molecule has 0 aliphatic carbocycles. The molecule has 0 spiro atoms. The molecular formula is C17H14Cl2N2O3. The number of ether oxygens (including phenoxy) is 1. The lowest BCUT2D eigenvalue weighted by Gasteiger charge is -2.18. The van der Waals surface area contributed by atoms with Gasteiger partial charge >= 0.3 is 0 Å². The van der Waals surface area contributed by atoms with Crippen LogP contribution in [0.15, 0.2) is 36.4 Å². The van der Waals surface area contributed by atoms with Crippen LogP contribution in [0.3, 0.4) is 0 Å². The van der Waals surface area contributed by atoms with Crippen molar-refractivity contribution in [2.24, 2.45) is 0 Å². The van der Waals surface area contributed by atoms with Crippen molar-refractivity contribution in [3.8, 4) is 5.75 Å². The zero-order chi connectivity index (χ0) is 17.3. The second kappa shape index (κ2) is 6.71. The fraction of sp³-hybridized carbons (Fsp3) is 0.176. The van der Waals surface area contributed by atoms with Gasteiger partial charge in [-0.25, -0.2) is 0 Å². The van der Waals surface area contributed by atoms with Crippen molar-refractivity contribution < 1.29 is 14.3 Å². The minimum absolute atomic E-state index is 0.179. The number of rotatable bonds is 2. The van der Waals surface area contributed by atoms with E-state index in [0.29, 0.717) is 16.3 Å². The molecule has 1 aliphatic rings. The quantitative estimate of drug-likeness (QED) is 0.856. The van der Waals surface area contributed by atoms with Crippen molar-refractivity contribution in [2.75, 3.05) is 11.9 Å². The summed E-state index contributed by atoms with van der Waals surface area (Å²) < 4.78 is 5.41. The zero-order valence-corrected chi connectivity index (χ0v) is 14.2. The number of carbonyl (C=O) groups is 2. The first-order valence-electron chi connectivity index (χ1n) is 7.23. The lowest BCUT2D eigenvalue weighted by molar-refractivity contribution is -0.127. The Morgan fingerprint density at radius 3 is 2.62 bits per heavy atom. The highest BCUT2D eigenvalue weighted by Crippen LogP contribution is 2.39. The molecule has 2 N–H and O–H groups in total. The number of carbonyl (C=O) groups excluding carboxylic acids is 2. The summed E-state index contributed by atoms with van der Waals surface area (Å²) in [4.78, 5) is 24.5. The van der Waals surface area contributed by atoms with Gasteiger partial charge in [-0.15, -0.1) is 0 Å². The average molecular weight is 365 g/mol. The van der Waals surface area contributed by atoms with Crippen LogP contribution in [0, 0.1) is 6.92 Å². The number of fused-ring (bicyclic) bond motifs is 1. The van der Waals surface area contributed by atoms with Crippen LogP contribution < -0.4 is 15.4 Å². The van der Waals surface area contributed by atoms with Gasteiger partial charge in [0.15, 0.2) is 6.61 Å². The Hall–Kier alpha value is -2.24. The molecule has 1 unspecified atom stereocenters. The normalized spacial score (nSPS) is 16.5. The van der Waals surface area contributed by atoms with Crippen LogP contribution in [-0.4, -0.2) is 18.4 Å². The van der Waals surface area contributed by atoms with Crippen molar-refractivity contribution >= 4 is 40.7 Å². The lowest BCUT2D eigenvalue weighted by Crippen LogP contribution is -2.37. The van der Waals surface area contributed by atoms with Gasteiger partial charge in [0.05, 0.1) is 5.02 Å². The molecule has 1 aliphatic heterocycles. The number of halogens is 2. The van der Waals surface area contributed by atoms with E-state index in [1.54, 1.807) is 24.3 Å². The highest BCUT2D eigenvalue weighted by molar-refractivity contribution is 6.43. The molecule has 1 atom stereocenters. The van der Waals surface area contributed by atoms with Gasteiger partial charge in [0, 0.05) is 11.3 Å². The van der Waals surface area contributed by atoms with Gasteiger partial charge in [-0.05, 0) is 25.1 Å². The van der Waals surface area contributed by atoms with Crippen LogP contribution in [0.5, 0.6) is 5.75 Å². The Morgan fingerprint density at radius 1 is 1.21 bits per heavy atom. The van der Waals surface area contributed by atoms with E-state index in [0.717, 1.165) is 5.56 Å². The number of hydrogen-bond acceptors (Lipinski definition) is 3. The van der Waals surface area contributed by atoms with E-state index >= 15 is 0 Å². The fourth-order valence-corrected chi connectivity index (χ4v) is 2.77. The van der Waals surface area contributed by atoms with E-state index in [9.17, 15) is 9.59 Å². The van der Waals surface area contributed by atoms with Gasteiger partial charge in [0.2, 0.25) is 0 Å². The molecule has 124 valence electrons. The molecule has 5 nitrogen and oxygen atoms in total. The predicted molar refractivity (Wildman–Crippen MR) is 92.6 cm³/mol. The van der Waals surface area contributed by atoms with E-state index in [1.165, 1.54) is 0 Å². The number of amides is 2. The van der Waals surface area contributed by atoms with Crippen LogP contribution in [0.25, 0.3) is 0 Å². The van der Waals surface area contributed by atoms with Crippen molar-refractivity contribution in [1.29, 1.82) is 0 Å². The molecule has 0 saturated carbocycles. The molecule has 0 radical (unpaired) electrons. The molecule has 2 aromatic rings. The summed E-state index contributed by atoms with van der Waals surface area (Å²) in [6.45, 7) is 1.72. The summed E-state index contributed by atoms with van der Waals surface area (Å²) in [5.74, 6) is -0.564. The van der Waals surface area contributed by atoms with Crippen LogP contribution >= 0.6 is 23.2 Å². The summed E-state index contributed by atoms with van der Waals surface area (Å²) in [6.07, 6.45) is 0. The molecule has 0 fully saturated rings. The molecule has 3 rings (SSSR count). The van der Waals surface area contributed by atoms with Gasteiger partial charge in [0.1, 0.15) is 16.8 Å². The Bertz CT molecular complexity index is 806. The summed E-state index contributed by atoms with van der Waals surface area (Å²) in [6, 6.07) is 9.61. The highest BCUT2D eigenvalue weighted by Gasteiger charge is 2.31. The van der Waals surface area contributed by atoms with Gasteiger partial charge in [0.25, 0.3) is 11.8 Å². The number of nitrogens with one attached hydrogen (secondary N) is 2. The third-order valence-electron chi connectivity index (χ3n) is 3.63. The first kappa shape index (κ1) is 16.6. The minimum atomic E-state index is -0.925. The first-order valence-corrected chi connectivity index (χ1v) is 7.99. The van der Waals surface area contributed by atoms with Crippen LogP contribution in [0.2, 0.25) is 10.0 Å². The molecular weight excluding hydrogens is 351 g/mol. The molecule has 24 heavy (non-hydrogen) atoms. The second-order valence-electron chi connectivity index (χ2n) is 5.42. The molecule has 7 heteroatoms. The fourth-order valence-electron chi connectivity index (χ4n) is 2.40. The Balaban J connectivity index is 1.94. The van der Waals surface area contributed by atoms with Crippen LogP contribution in [0.1, 0.15) is 17.2 Å². The number of aryl methyl sites for hydroxylation is 1. The van der Waals surface area contributed by atoms with E-state index in [4.69, 9.17) is 27.9 Å². The van der Waals surface area contributed by atoms with Gasteiger partial charge in [-0.1, -0.05) is 47.0 Å². The predicted octanol–water partition coefficient (Wildman–Crippen LogP) is 3.49. The third-order valence-corrected chi connectivity index (χ3v) is 4.41. The lowest BCUT2D eigenvalue weighted by atomic mass is 10.0. The van der Waals surface area contributed by atoms with Crippen LogP contribution in [-0.2, 0) is 9.59 Å². The van der Waals surface area contributed by atoms with E-state index < -0.39 is 17.9 Å². The summed E-state index contributed by atoms with van der Waals surface area (Å²) in [5, 5.41) is 5.89. The Kier molecular flexibility index (Phi) is 4.64. The maximum Gasteiger partial charge on any atom is 0.258 e. The smallest absolute Gasteiger partial charge is 0.258 e. The van der Waals surface area contributed by atoms with E-state index in [1.807, 2.05) is 19.1 Å². The first-order chi connectivity index (χ1) is 11.5. The summed E-state index contributed by atoms with van der Waals surface area (Å²) >= 11 is 12.1. The van der Waals surface area contributed by atoms with Gasteiger partial charge in [-0.2, -0.15) is 0 Å². The SMILES string of the molecule is Cc1ccc(NC(=O)C2NC(=O)COc3c2ccc(Cl)c3Cl)cc1. The van der Waals surface area contributed by atoms with E-state index in [2.05, 4.69) is 10.6 Å².